The molecule has 198 valence electrons. The first-order valence-electron chi connectivity index (χ1n) is 12.4. The van der Waals surface area contributed by atoms with Crippen molar-refractivity contribution in [1.29, 1.82) is 0 Å². The summed E-state index contributed by atoms with van der Waals surface area (Å²) in [6, 6.07) is 3.86. The van der Waals surface area contributed by atoms with E-state index in [4.69, 9.17) is 14.2 Å². The molecule has 0 aliphatic carbocycles. The standard InChI is InChI=1S/C27H33N3O7/c1-27(2,3)22-23(31)30-15-19(13-21(30)24(32)35-4)37-26(34)29-14-18-11-8-10-17(20(18)16-29)9-6-5-7-12-36-25(33)28-22/h8,10-11,19,21-22H,5,7,12-16H2,1-4H3,(H,28,33)/t19-,21+,22-/m1/s1. The lowest BCUT2D eigenvalue weighted by atomic mass is 9.85. The van der Waals surface area contributed by atoms with Crippen molar-refractivity contribution in [3.63, 3.8) is 0 Å². The van der Waals surface area contributed by atoms with Gasteiger partial charge in [-0.15, -0.1) is 0 Å². The molecule has 3 heterocycles. The predicted molar refractivity (Wildman–Crippen MR) is 132 cm³/mol. The van der Waals surface area contributed by atoms with Gasteiger partial charge in [0.2, 0.25) is 5.91 Å². The number of fused-ring (bicyclic) bond motifs is 3. The summed E-state index contributed by atoms with van der Waals surface area (Å²) in [6.45, 7) is 6.33. The number of carbonyl (C=O) groups excluding carboxylic acids is 4. The van der Waals surface area contributed by atoms with Crippen molar-refractivity contribution < 1.29 is 33.4 Å². The van der Waals surface area contributed by atoms with E-state index < -0.39 is 47.7 Å². The van der Waals surface area contributed by atoms with Gasteiger partial charge in [-0.05, 0) is 29.0 Å². The minimum Gasteiger partial charge on any atom is -0.467 e. The zero-order chi connectivity index (χ0) is 26.7. The molecule has 3 aliphatic rings. The van der Waals surface area contributed by atoms with Crippen LogP contribution in [0.4, 0.5) is 9.59 Å². The third-order valence-electron chi connectivity index (χ3n) is 6.81. The molecular formula is C27H33N3O7. The number of hydrogen-bond acceptors (Lipinski definition) is 7. The van der Waals surface area contributed by atoms with Gasteiger partial charge in [-0.25, -0.2) is 14.4 Å². The summed E-state index contributed by atoms with van der Waals surface area (Å²) < 4.78 is 16.0. The molecule has 1 saturated heterocycles. The Morgan fingerprint density at radius 2 is 1.97 bits per heavy atom. The molecule has 0 spiro atoms. The summed E-state index contributed by atoms with van der Waals surface area (Å²) in [5.74, 6) is 5.20. The zero-order valence-electron chi connectivity index (χ0n) is 21.7. The molecule has 0 saturated carbocycles. The van der Waals surface area contributed by atoms with Crippen molar-refractivity contribution in [3.8, 4) is 11.8 Å². The van der Waals surface area contributed by atoms with Crippen molar-refractivity contribution >= 4 is 24.1 Å². The SMILES string of the molecule is COC(=O)[C@@H]1C[C@@H]2CN1C(=O)[C@H](C(C)(C)C)NC(=O)OCCCC#Cc1cccc3c1CN(C3)C(=O)O2. The Hall–Kier alpha value is -3.74. The van der Waals surface area contributed by atoms with Crippen LogP contribution in [0, 0.1) is 17.3 Å². The van der Waals surface area contributed by atoms with Gasteiger partial charge in [0.15, 0.2) is 0 Å². The van der Waals surface area contributed by atoms with Gasteiger partial charge in [0.1, 0.15) is 18.2 Å². The molecular weight excluding hydrogens is 478 g/mol. The van der Waals surface area contributed by atoms with E-state index in [0.29, 0.717) is 25.9 Å². The van der Waals surface area contributed by atoms with Gasteiger partial charge in [-0.1, -0.05) is 44.7 Å². The van der Waals surface area contributed by atoms with E-state index in [2.05, 4.69) is 17.2 Å². The lowest BCUT2D eigenvalue weighted by Gasteiger charge is -2.34. The molecule has 1 N–H and O–H groups in total. The van der Waals surface area contributed by atoms with Gasteiger partial charge in [0.25, 0.3) is 0 Å². The summed E-state index contributed by atoms with van der Waals surface area (Å²) in [5.41, 5.74) is 2.14. The molecule has 4 rings (SSSR count). The van der Waals surface area contributed by atoms with Gasteiger partial charge >= 0.3 is 18.2 Å². The maximum absolute atomic E-state index is 13.7. The number of methoxy groups -OCH3 is 1. The van der Waals surface area contributed by atoms with Crippen molar-refractivity contribution in [2.24, 2.45) is 5.41 Å². The molecule has 4 bridgehead atoms. The molecule has 1 fully saturated rings. The highest BCUT2D eigenvalue weighted by Crippen LogP contribution is 2.30. The summed E-state index contributed by atoms with van der Waals surface area (Å²) in [5, 5.41) is 2.66. The third-order valence-corrected chi connectivity index (χ3v) is 6.81. The number of carbonyl (C=O) groups is 4. The molecule has 10 heteroatoms. The average Bonchev–Trinajstić information content (AvgIpc) is 3.47. The maximum Gasteiger partial charge on any atom is 0.410 e. The van der Waals surface area contributed by atoms with Crippen LogP contribution in [0.2, 0.25) is 0 Å². The van der Waals surface area contributed by atoms with Crippen LogP contribution in [0.3, 0.4) is 0 Å². The Balaban J connectivity index is 1.63. The second-order valence-corrected chi connectivity index (χ2v) is 10.6. The zero-order valence-corrected chi connectivity index (χ0v) is 21.7. The smallest absolute Gasteiger partial charge is 0.410 e. The van der Waals surface area contributed by atoms with E-state index in [1.54, 1.807) is 25.7 Å². The lowest BCUT2D eigenvalue weighted by molar-refractivity contribution is -0.152. The maximum atomic E-state index is 13.7. The van der Waals surface area contributed by atoms with Gasteiger partial charge in [0, 0.05) is 24.9 Å². The highest BCUT2D eigenvalue weighted by molar-refractivity contribution is 5.91. The van der Waals surface area contributed by atoms with Crippen molar-refractivity contribution in [2.45, 2.75) is 71.3 Å². The molecule has 0 unspecified atom stereocenters. The number of nitrogens with one attached hydrogen (secondary N) is 1. The van der Waals surface area contributed by atoms with Gasteiger partial charge in [0.05, 0.1) is 26.8 Å². The van der Waals surface area contributed by atoms with Gasteiger partial charge < -0.3 is 24.4 Å². The topological polar surface area (TPSA) is 114 Å². The minimum absolute atomic E-state index is 0.00512. The lowest BCUT2D eigenvalue weighted by Crippen LogP contribution is -2.57. The van der Waals surface area contributed by atoms with E-state index >= 15 is 0 Å². The first kappa shape index (κ1) is 26.3. The van der Waals surface area contributed by atoms with Crippen LogP contribution in [0.25, 0.3) is 0 Å². The summed E-state index contributed by atoms with van der Waals surface area (Å²) >= 11 is 0. The van der Waals surface area contributed by atoms with Crippen molar-refractivity contribution in [2.75, 3.05) is 20.3 Å². The fourth-order valence-electron chi connectivity index (χ4n) is 4.83. The molecule has 37 heavy (non-hydrogen) atoms. The quantitative estimate of drug-likeness (QED) is 0.350. The predicted octanol–water partition coefficient (Wildman–Crippen LogP) is 2.57. The fourth-order valence-corrected chi connectivity index (χ4v) is 4.83. The van der Waals surface area contributed by atoms with E-state index in [1.165, 1.54) is 12.0 Å². The highest BCUT2D eigenvalue weighted by atomic mass is 16.6. The van der Waals surface area contributed by atoms with Crippen LogP contribution in [0.15, 0.2) is 18.2 Å². The molecule has 0 aromatic heterocycles. The number of esters is 1. The largest absolute Gasteiger partial charge is 0.467 e. The Labute approximate surface area is 216 Å². The third kappa shape index (κ3) is 5.82. The molecule has 1 aromatic carbocycles. The number of ether oxygens (including phenoxy) is 3. The Morgan fingerprint density at radius 1 is 1.19 bits per heavy atom. The summed E-state index contributed by atoms with van der Waals surface area (Å²) in [7, 11) is 1.24. The van der Waals surface area contributed by atoms with E-state index in [1.807, 2.05) is 18.2 Å². The Morgan fingerprint density at radius 3 is 2.70 bits per heavy atom. The normalized spacial score (nSPS) is 24.5. The van der Waals surface area contributed by atoms with Crippen LogP contribution in [-0.4, -0.2) is 72.3 Å². The number of amides is 3. The first-order chi connectivity index (χ1) is 17.6. The van der Waals surface area contributed by atoms with Crippen molar-refractivity contribution in [3.05, 3.63) is 34.9 Å². The molecule has 3 aliphatic heterocycles. The number of rotatable bonds is 1. The summed E-state index contributed by atoms with van der Waals surface area (Å²) in [4.78, 5) is 54.8. The van der Waals surface area contributed by atoms with E-state index in [0.717, 1.165) is 16.7 Å². The number of cyclic esters (lactones) is 1. The van der Waals surface area contributed by atoms with Crippen LogP contribution >= 0.6 is 0 Å². The molecule has 3 atom stereocenters. The van der Waals surface area contributed by atoms with E-state index in [-0.39, 0.29) is 19.6 Å². The molecule has 10 nitrogen and oxygen atoms in total. The number of nitrogens with zero attached hydrogens (tertiary/aromatic N) is 2. The minimum atomic E-state index is -0.978. The summed E-state index contributed by atoms with van der Waals surface area (Å²) in [6.07, 6.45) is -0.816. The second kappa shape index (κ2) is 10.7. The Bertz CT molecular complexity index is 1150. The molecule has 3 amide bonds. The van der Waals surface area contributed by atoms with Crippen LogP contribution in [0.1, 0.15) is 56.7 Å². The van der Waals surface area contributed by atoms with Crippen LogP contribution < -0.4 is 5.32 Å². The van der Waals surface area contributed by atoms with Gasteiger partial charge in [-0.3, -0.25) is 9.69 Å². The molecule has 0 radical (unpaired) electrons. The Kier molecular flexibility index (Phi) is 7.62. The highest BCUT2D eigenvalue weighted by Gasteiger charge is 2.47. The number of hydrogen-bond donors (Lipinski definition) is 1. The monoisotopic (exact) mass is 511 g/mol. The van der Waals surface area contributed by atoms with Crippen LogP contribution in [-0.2, 0) is 36.9 Å². The van der Waals surface area contributed by atoms with Gasteiger partial charge in [-0.2, -0.15) is 0 Å². The van der Waals surface area contributed by atoms with Crippen molar-refractivity contribution in [1.82, 2.24) is 15.1 Å². The molecule has 1 aromatic rings. The van der Waals surface area contributed by atoms with Crippen LogP contribution in [0.5, 0.6) is 0 Å². The fraction of sp³-hybridized carbons (Fsp3) is 0.556. The second-order valence-electron chi connectivity index (χ2n) is 10.6. The average molecular weight is 512 g/mol. The first-order valence-corrected chi connectivity index (χ1v) is 12.4. The number of alkyl carbamates (subject to hydrolysis) is 1. The van der Waals surface area contributed by atoms with E-state index in [9.17, 15) is 19.2 Å². The number of benzene rings is 1.